The predicted octanol–water partition coefficient (Wildman–Crippen LogP) is 5.49. The van der Waals surface area contributed by atoms with Gasteiger partial charge in [0.05, 0.1) is 18.5 Å². The molecule has 31 heavy (non-hydrogen) atoms. The molecule has 1 aliphatic rings. The van der Waals surface area contributed by atoms with Crippen LogP contribution in [0.25, 0.3) is 11.3 Å². The Bertz CT molecular complexity index is 1050. The first-order chi connectivity index (χ1) is 15.0. The van der Waals surface area contributed by atoms with Crippen molar-refractivity contribution in [2.24, 2.45) is 0 Å². The molecule has 0 unspecified atom stereocenters. The Morgan fingerprint density at radius 3 is 2.13 bits per heavy atom. The molecule has 4 nitrogen and oxygen atoms in total. The highest BCUT2D eigenvalue weighted by Gasteiger charge is 2.22. The minimum absolute atomic E-state index is 0.469. The van der Waals surface area contributed by atoms with Crippen LogP contribution in [-0.4, -0.2) is 38.3 Å². The molecule has 0 amide bonds. The van der Waals surface area contributed by atoms with E-state index in [-0.39, 0.29) is 0 Å². The molecule has 4 rings (SSSR count). The molecule has 0 radical (unpaired) electrons. The van der Waals surface area contributed by atoms with E-state index in [1.807, 2.05) is 12.1 Å². The second-order valence-corrected chi connectivity index (χ2v) is 8.07. The third kappa shape index (κ3) is 4.48. The molecule has 1 aromatic heterocycles. The number of anilines is 2. The van der Waals surface area contributed by atoms with E-state index < -0.39 is 11.6 Å². The van der Waals surface area contributed by atoms with Crippen molar-refractivity contribution >= 4 is 11.4 Å². The first-order valence-corrected chi connectivity index (χ1v) is 10.6. The number of piperazine rings is 1. The first-order valence-electron chi connectivity index (χ1n) is 10.6. The van der Waals surface area contributed by atoms with E-state index in [0.717, 1.165) is 30.0 Å². The highest BCUT2D eigenvalue weighted by molar-refractivity contribution is 5.76. The lowest BCUT2D eigenvalue weighted by atomic mass is 10.00. The Labute approximate surface area is 182 Å². The predicted molar refractivity (Wildman–Crippen MR) is 121 cm³/mol. The largest absolute Gasteiger partial charge is 0.481 e. The maximum absolute atomic E-state index is 13.6. The van der Waals surface area contributed by atoms with Crippen LogP contribution in [0.3, 0.4) is 0 Å². The van der Waals surface area contributed by atoms with Crippen molar-refractivity contribution in [3.63, 3.8) is 0 Å². The summed E-state index contributed by atoms with van der Waals surface area (Å²) in [5.41, 5.74) is 4.96. The number of benzene rings is 2. The van der Waals surface area contributed by atoms with Crippen molar-refractivity contribution in [2.45, 2.75) is 19.8 Å². The molecule has 2 aromatic carbocycles. The van der Waals surface area contributed by atoms with Crippen LogP contribution in [0.15, 0.2) is 54.6 Å². The summed E-state index contributed by atoms with van der Waals surface area (Å²) in [5, 5.41) is 0. The lowest BCUT2D eigenvalue weighted by Crippen LogP contribution is -2.46. The maximum atomic E-state index is 13.6. The molecule has 162 valence electrons. The molecular formula is C25H27F2N3O. The lowest BCUT2D eigenvalue weighted by molar-refractivity contribution is 0.398. The van der Waals surface area contributed by atoms with Gasteiger partial charge in [-0.1, -0.05) is 38.1 Å². The van der Waals surface area contributed by atoms with Crippen molar-refractivity contribution in [3.8, 4) is 17.1 Å². The third-order valence-corrected chi connectivity index (χ3v) is 5.80. The molecule has 0 saturated carbocycles. The summed E-state index contributed by atoms with van der Waals surface area (Å²) in [4.78, 5) is 9.10. The molecule has 0 aliphatic carbocycles. The van der Waals surface area contributed by atoms with Gasteiger partial charge in [0.1, 0.15) is 0 Å². The lowest BCUT2D eigenvalue weighted by Gasteiger charge is -2.38. The van der Waals surface area contributed by atoms with E-state index in [4.69, 9.17) is 9.72 Å². The topological polar surface area (TPSA) is 28.6 Å². The summed E-state index contributed by atoms with van der Waals surface area (Å²) in [6.07, 6.45) is 0. The number of ether oxygens (including phenoxy) is 1. The highest BCUT2D eigenvalue weighted by atomic mass is 19.2. The van der Waals surface area contributed by atoms with Crippen molar-refractivity contribution in [2.75, 3.05) is 43.1 Å². The second kappa shape index (κ2) is 8.92. The fourth-order valence-electron chi connectivity index (χ4n) is 3.93. The monoisotopic (exact) mass is 423 g/mol. The Hall–Kier alpha value is -3.15. The Kier molecular flexibility index (Phi) is 6.07. The zero-order valence-electron chi connectivity index (χ0n) is 18.1. The van der Waals surface area contributed by atoms with Gasteiger partial charge in [-0.15, -0.1) is 0 Å². The van der Waals surface area contributed by atoms with Gasteiger partial charge in [0.15, 0.2) is 11.6 Å². The van der Waals surface area contributed by atoms with Crippen LogP contribution in [0.4, 0.5) is 20.2 Å². The van der Waals surface area contributed by atoms with Crippen LogP contribution >= 0.6 is 0 Å². The number of aromatic nitrogens is 1. The zero-order valence-corrected chi connectivity index (χ0v) is 18.1. The summed E-state index contributed by atoms with van der Waals surface area (Å²) < 4.78 is 32.3. The molecule has 0 atom stereocenters. The third-order valence-electron chi connectivity index (χ3n) is 5.80. The van der Waals surface area contributed by atoms with Gasteiger partial charge in [0.2, 0.25) is 5.88 Å². The number of pyridine rings is 1. The number of hydrogen-bond donors (Lipinski definition) is 0. The summed E-state index contributed by atoms with van der Waals surface area (Å²) in [5.74, 6) is -0.588. The van der Waals surface area contributed by atoms with Gasteiger partial charge >= 0.3 is 0 Å². The SMILES string of the molecule is COc1ccc(N2CCN(c3ccc(F)c(F)c3)CC2)c(-c2ccc(C(C)C)cc2)n1. The van der Waals surface area contributed by atoms with Crippen LogP contribution in [0, 0.1) is 11.6 Å². The first kappa shape index (κ1) is 21.1. The van der Waals surface area contributed by atoms with Crippen molar-refractivity contribution in [1.82, 2.24) is 4.98 Å². The quantitative estimate of drug-likeness (QED) is 0.543. The van der Waals surface area contributed by atoms with Crippen molar-refractivity contribution < 1.29 is 13.5 Å². The molecule has 0 bridgehead atoms. The van der Waals surface area contributed by atoms with Crippen LogP contribution < -0.4 is 14.5 Å². The Balaban J connectivity index is 1.57. The zero-order chi connectivity index (χ0) is 22.0. The standard InChI is InChI=1S/C25H27F2N3O/c1-17(2)18-4-6-19(7-5-18)25-23(10-11-24(28-25)31-3)30-14-12-29(13-15-30)20-8-9-21(26)22(27)16-20/h4-11,16-17H,12-15H2,1-3H3. The average Bonchev–Trinajstić information content (AvgIpc) is 2.80. The fraction of sp³-hybridized carbons (Fsp3) is 0.320. The summed E-state index contributed by atoms with van der Waals surface area (Å²) in [6, 6.07) is 16.5. The van der Waals surface area contributed by atoms with Gasteiger partial charge in [-0.3, -0.25) is 0 Å². The Morgan fingerprint density at radius 1 is 0.839 bits per heavy atom. The van der Waals surface area contributed by atoms with E-state index >= 15 is 0 Å². The molecular weight excluding hydrogens is 396 g/mol. The van der Waals surface area contributed by atoms with Crippen molar-refractivity contribution in [1.29, 1.82) is 0 Å². The number of halogens is 2. The van der Waals surface area contributed by atoms with Gasteiger partial charge in [0, 0.05) is 49.6 Å². The smallest absolute Gasteiger partial charge is 0.213 e. The number of methoxy groups -OCH3 is 1. The van der Waals surface area contributed by atoms with E-state index in [9.17, 15) is 8.78 Å². The van der Waals surface area contributed by atoms with Gasteiger partial charge < -0.3 is 14.5 Å². The van der Waals surface area contributed by atoms with Crippen molar-refractivity contribution in [3.05, 3.63) is 71.8 Å². The highest BCUT2D eigenvalue weighted by Crippen LogP contribution is 2.33. The van der Waals surface area contributed by atoms with E-state index in [2.05, 4.69) is 47.9 Å². The molecule has 6 heteroatoms. The summed E-state index contributed by atoms with van der Waals surface area (Å²) >= 11 is 0. The van der Waals surface area contributed by atoms with E-state index in [1.165, 1.54) is 17.7 Å². The molecule has 1 saturated heterocycles. The van der Waals surface area contributed by atoms with Gasteiger partial charge in [-0.2, -0.15) is 0 Å². The summed E-state index contributed by atoms with van der Waals surface area (Å²) in [6.45, 7) is 7.28. The second-order valence-electron chi connectivity index (χ2n) is 8.07. The van der Waals surface area contributed by atoms with Gasteiger partial charge in [-0.05, 0) is 29.7 Å². The van der Waals surface area contributed by atoms with Gasteiger partial charge in [0.25, 0.3) is 0 Å². The van der Waals surface area contributed by atoms with Crippen LogP contribution in [0.5, 0.6) is 5.88 Å². The molecule has 0 N–H and O–H groups in total. The number of hydrogen-bond acceptors (Lipinski definition) is 4. The minimum Gasteiger partial charge on any atom is -0.481 e. The summed E-state index contributed by atoms with van der Waals surface area (Å²) in [7, 11) is 1.62. The van der Waals surface area contributed by atoms with E-state index in [0.29, 0.717) is 30.6 Å². The molecule has 1 aliphatic heterocycles. The van der Waals surface area contributed by atoms with E-state index in [1.54, 1.807) is 13.2 Å². The molecule has 0 spiro atoms. The average molecular weight is 424 g/mol. The normalized spacial score (nSPS) is 14.3. The number of nitrogens with zero attached hydrogens (tertiary/aromatic N) is 3. The van der Waals surface area contributed by atoms with Crippen LogP contribution in [-0.2, 0) is 0 Å². The van der Waals surface area contributed by atoms with Crippen LogP contribution in [0.1, 0.15) is 25.3 Å². The van der Waals surface area contributed by atoms with Crippen LogP contribution in [0.2, 0.25) is 0 Å². The Morgan fingerprint density at radius 2 is 1.52 bits per heavy atom. The molecule has 3 aromatic rings. The number of rotatable bonds is 5. The molecule has 1 fully saturated rings. The maximum Gasteiger partial charge on any atom is 0.213 e. The van der Waals surface area contributed by atoms with Gasteiger partial charge in [-0.25, -0.2) is 13.8 Å². The molecule has 2 heterocycles. The fourth-order valence-corrected chi connectivity index (χ4v) is 3.93. The minimum atomic E-state index is -0.820.